The van der Waals surface area contributed by atoms with E-state index in [0.29, 0.717) is 42.7 Å². The molecule has 8 nitrogen and oxygen atoms in total. The van der Waals surface area contributed by atoms with Crippen molar-refractivity contribution < 1.29 is 18.4 Å². The first kappa shape index (κ1) is 20.9. The molecule has 33 heavy (non-hydrogen) atoms. The number of H-pyrrole nitrogens is 1. The number of nitrogens with one attached hydrogen (secondary N) is 1. The average molecular weight is 447 g/mol. The van der Waals surface area contributed by atoms with Crippen LogP contribution in [-0.4, -0.2) is 44.3 Å². The monoisotopic (exact) mass is 447 g/mol. The van der Waals surface area contributed by atoms with Crippen LogP contribution in [0.3, 0.4) is 0 Å². The van der Waals surface area contributed by atoms with Gasteiger partial charge in [-0.05, 0) is 50.1 Å². The van der Waals surface area contributed by atoms with Crippen molar-refractivity contribution in [2.24, 2.45) is 0 Å². The summed E-state index contributed by atoms with van der Waals surface area (Å²) in [4.78, 5) is 19.8. The van der Waals surface area contributed by atoms with Crippen molar-refractivity contribution in [3.63, 3.8) is 0 Å². The molecule has 0 bridgehead atoms. The van der Waals surface area contributed by atoms with Gasteiger partial charge in [0.2, 0.25) is 11.7 Å². The largest absolute Gasteiger partial charge is 0.493 e. The molecule has 2 aromatic carbocycles. The lowest BCUT2D eigenvalue weighted by molar-refractivity contribution is 0.0710. The molecule has 2 aromatic heterocycles. The first-order chi connectivity index (χ1) is 16.2. The topological polar surface area (TPSA) is 97.1 Å². The van der Waals surface area contributed by atoms with Gasteiger partial charge in [0.15, 0.2) is 0 Å². The number of hydrogen-bond acceptors (Lipinski definition) is 6. The van der Waals surface area contributed by atoms with Gasteiger partial charge in [-0.2, -0.15) is 10.1 Å². The van der Waals surface area contributed by atoms with Gasteiger partial charge in [-0.1, -0.05) is 23.4 Å². The Kier molecular flexibility index (Phi) is 5.60. The fourth-order valence-corrected chi connectivity index (χ4v) is 4.21. The summed E-state index contributed by atoms with van der Waals surface area (Å²) < 4.78 is 26.0. The van der Waals surface area contributed by atoms with Crippen molar-refractivity contribution in [1.29, 1.82) is 0 Å². The Balaban J connectivity index is 1.46. The molecule has 0 saturated carbocycles. The Morgan fingerprint density at radius 3 is 2.94 bits per heavy atom. The normalized spacial score (nSPS) is 15.7. The number of carbonyl (C=O) groups excluding carboxylic acids is 1. The van der Waals surface area contributed by atoms with E-state index >= 15 is 0 Å². The Bertz CT molecular complexity index is 1270. The zero-order chi connectivity index (χ0) is 22.8. The third-order valence-electron chi connectivity index (χ3n) is 5.68. The Hall–Kier alpha value is -4.01. The number of carbonyl (C=O) groups is 1. The molecule has 1 aliphatic heterocycles. The summed E-state index contributed by atoms with van der Waals surface area (Å²) in [7, 11) is 0. The molecular formula is C24H22FN5O3. The maximum Gasteiger partial charge on any atom is 0.255 e. The predicted molar refractivity (Wildman–Crippen MR) is 118 cm³/mol. The Morgan fingerprint density at radius 2 is 2.12 bits per heavy atom. The number of nitrogens with zero attached hydrogens (tertiary/aromatic N) is 4. The van der Waals surface area contributed by atoms with E-state index in [2.05, 4.69) is 20.3 Å². The van der Waals surface area contributed by atoms with Crippen molar-refractivity contribution in [2.45, 2.75) is 25.8 Å². The van der Waals surface area contributed by atoms with Gasteiger partial charge in [-0.25, -0.2) is 4.39 Å². The van der Waals surface area contributed by atoms with Crippen LogP contribution in [-0.2, 0) is 0 Å². The van der Waals surface area contributed by atoms with E-state index in [0.717, 1.165) is 12.0 Å². The van der Waals surface area contributed by atoms with Gasteiger partial charge >= 0.3 is 0 Å². The maximum atomic E-state index is 14.7. The van der Waals surface area contributed by atoms with E-state index in [1.54, 1.807) is 17.0 Å². The second kappa shape index (κ2) is 8.85. The number of rotatable bonds is 6. The lowest BCUT2D eigenvalue weighted by Gasteiger charge is -2.23. The smallest absolute Gasteiger partial charge is 0.255 e. The number of benzene rings is 2. The molecule has 1 aliphatic rings. The average Bonchev–Trinajstić information content (AvgIpc) is 3.60. The molecule has 9 heteroatoms. The molecule has 1 atom stereocenters. The molecule has 5 rings (SSSR count). The molecule has 1 unspecified atom stereocenters. The number of hydrogen-bond donors (Lipinski definition) is 1. The molecule has 1 fully saturated rings. The summed E-state index contributed by atoms with van der Waals surface area (Å²) in [5.41, 5.74) is 1.62. The van der Waals surface area contributed by atoms with Crippen LogP contribution in [0, 0.1) is 5.82 Å². The van der Waals surface area contributed by atoms with E-state index in [9.17, 15) is 9.18 Å². The first-order valence-corrected chi connectivity index (χ1v) is 10.8. The Labute approximate surface area is 189 Å². The van der Waals surface area contributed by atoms with E-state index in [4.69, 9.17) is 9.26 Å². The minimum absolute atomic E-state index is 0.197. The van der Waals surface area contributed by atoms with Crippen LogP contribution in [0.2, 0.25) is 0 Å². The SMILES string of the molecule is CCOc1ccccc1-c1noc(C2CCCN2C(=O)c2cccc(F)c2-c2ccn[nH]2)n1. The number of aromatic amines is 1. The number of likely N-dealkylation sites (tertiary alicyclic amines) is 1. The van der Waals surface area contributed by atoms with E-state index in [1.165, 1.54) is 18.3 Å². The fourth-order valence-electron chi connectivity index (χ4n) is 4.21. The van der Waals surface area contributed by atoms with E-state index in [1.807, 2.05) is 31.2 Å². The molecule has 1 amide bonds. The number of para-hydroxylation sites is 1. The molecule has 168 valence electrons. The summed E-state index contributed by atoms with van der Waals surface area (Å²) in [5.74, 6) is 0.624. The molecule has 0 spiro atoms. The quantitative estimate of drug-likeness (QED) is 0.462. The van der Waals surface area contributed by atoms with E-state index < -0.39 is 11.9 Å². The van der Waals surface area contributed by atoms with Crippen LogP contribution in [0.5, 0.6) is 5.75 Å². The summed E-state index contributed by atoms with van der Waals surface area (Å²) in [5, 5.41) is 10.8. The van der Waals surface area contributed by atoms with Crippen molar-refractivity contribution in [3.05, 3.63) is 72.0 Å². The van der Waals surface area contributed by atoms with Crippen molar-refractivity contribution in [2.75, 3.05) is 13.2 Å². The minimum Gasteiger partial charge on any atom is -0.493 e. The number of halogens is 1. The highest BCUT2D eigenvalue weighted by Gasteiger charge is 2.36. The first-order valence-electron chi connectivity index (χ1n) is 10.8. The standard InChI is InChI=1S/C24H22FN5O3/c1-2-32-20-11-4-3-7-15(20)22-27-23(33-29-22)19-10-6-14-30(19)24(31)16-8-5-9-17(25)21(16)18-12-13-26-28-18/h3-5,7-9,11-13,19H,2,6,10,14H2,1H3,(H,26,28). The van der Waals surface area contributed by atoms with Gasteiger partial charge in [-0.3, -0.25) is 9.89 Å². The molecule has 1 N–H and O–H groups in total. The molecule has 1 saturated heterocycles. The van der Waals surface area contributed by atoms with Crippen LogP contribution in [0.15, 0.2) is 59.3 Å². The van der Waals surface area contributed by atoms with Crippen LogP contribution < -0.4 is 4.74 Å². The highest BCUT2D eigenvalue weighted by Crippen LogP contribution is 2.36. The van der Waals surface area contributed by atoms with Crippen molar-refractivity contribution in [1.82, 2.24) is 25.2 Å². The summed E-state index contributed by atoms with van der Waals surface area (Å²) >= 11 is 0. The highest BCUT2D eigenvalue weighted by atomic mass is 19.1. The maximum absolute atomic E-state index is 14.7. The number of ether oxygens (including phenoxy) is 1. The molecule has 3 heterocycles. The second-order valence-electron chi connectivity index (χ2n) is 7.67. The van der Waals surface area contributed by atoms with Gasteiger partial charge in [0.1, 0.15) is 17.6 Å². The third kappa shape index (κ3) is 3.86. The number of aromatic nitrogens is 4. The molecule has 0 radical (unpaired) electrons. The fraction of sp³-hybridized carbons (Fsp3) is 0.250. The lowest BCUT2D eigenvalue weighted by Crippen LogP contribution is -2.31. The Morgan fingerprint density at radius 1 is 1.24 bits per heavy atom. The zero-order valence-corrected chi connectivity index (χ0v) is 18.0. The van der Waals surface area contributed by atoms with Gasteiger partial charge < -0.3 is 14.2 Å². The molecular weight excluding hydrogens is 425 g/mol. The number of amides is 1. The van der Waals surface area contributed by atoms with Gasteiger partial charge in [0.05, 0.1) is 23.4 Å². The van der Waals surface area contributed by atoms with Crippen LogP contribution in [0.25, 0.3) is 22.6 Å². The van der Waals surface area contributed by atoms with Crippen LogP contribution in [0.1, 0.15) is 42.1 Å². The predicted octanol–water partition coefficient (Wildman–Crippen LogP) is 4.64. The lowest BCUT2D eigenvalue weighted by atomic mass is 10.0. The second-order valence-corrected chi connectivity index (χ2v) is 7.67. The zero-order valence-electron chi connectivity index (χ0n) is 18.0. The highest BCUT2D eigenvalue weighted by molar-refractivity contribution is 6.01. The third-order valence-corrected chi connectivity index (χ3v) is 5.68. The van der Waals surface area contributed by atoms with Crippen molar-refractivity contribution >= 4 is 5.91 Å². The van der Waals surface area contributed by atoms with Crippen molar-refractivity contribution in [3.8, 4) is 28.4 Å². The van der Waals surface area contributed by atoms with E-state index in [-0.39, 0.29) is 17.0 Å². The van der Waals surface area contributed by atoms with Gasteiger partial charge in [0, 0.05) is 18.3 Å². The van der Waals surface area contributed by atoms with Crippen LogP contribution >= 0.6 is 0 Å². The van der Waals surface area contributed by atoms with Gasteiger partial charge in [0.25, 0.3) is 5.91 Å². The summed E-state index contributed by atoms with van der Waals surface area (Å²) in [6.07, 6.45) is 2.97. The summed E-state index contributed by atoms with van der Waals surface area (Å²) in [6, 6.07) is 13.2. The molecule has 4 aromatic rings. The minimum atomic E-state index is -0.492. The molecule has 0 aliphatic carbocycles. The van der Waals surface area contributed by atoms with Gasteiger partial charge in [-0.15, -0.1) is 0 Å². The summed E-state index contributed by atoms with van der Waals surface area (Å²) in [6.45, 7) is 2.93. The van der Waals surface area contributed by atoms with Crippen LogP contribution in [0.4, 0.5) is 4.39 Å².